The summed E-state index contributed by atoms with van der Waals surface area (Å²) in [5, 5.41) is 2.12. The van der Waals surface area contributed by atoms with Crippen molar-refractivity contribution in [3.8, 4) is 11.5 Å². The summed E-state index contributed by atoms with van der Waals surface area (Å²) in [5.74, 6) is 1.21. The van der Waals surface area contributed by atoms with E-state index >= 15 is 0 Å². The van der Waals surface area contributed by atoms with Gasteiger partial charge in [-0.25, -0.2) is 0 Å². The normalized spacial score (nSPS) is 16.7. The Morgan fingerprint density at radius 2 is 2.00 bits per heavy atom. The molecule has 2 heterocycles. The maximum atomic E-state index is 13.2. The van der Waals surface area contributed by atoms with E-state index in [2.05, 4.69) is 34.3 Å². The Labute approximate surface area is 154 Å². The van der Waals surface area contributed by atoms with Crippen LogP contribution in [0.2, 0.25) is 0 Å². The predicted octanol–water partition coefficient (Wildman–Crippen LogP) is 4.68. The molecule has 128 valence electrons. The van der Waals surface area contributed by atoms with Gasteiger partial charge in [-0.3, -0.25) is 4.79 Å². The lowest BCUT2D eigenvalue weighted by molar-refractivity contribution is 0.0656. The molecule has 1 aromatic heterocycles. The highest BCUT2D eigenvalue weighted by Crippen LogP contribution is 2.39. The van der Waals surface area contributed by atoms with Crippen molar-refractivity contribution in [3.05, 3.63) is 44.1 Å². The van der Waals surface area contributed by atoms with Gasteiger partial charge in [-0.1, -0.05) is 6.92 Å². The lowest BCUT2D eigenvalue weighted by Crippen LogP contribution is -2.39. The first kappa shape index (κ1) is 17.3. The van der Waals surface area contributed by atoms with E-state index in [9.17, 15) is 4.79 Å². The first-order valence-corrected chi connectivity index (χ1v) is 9.56. The zero-order valence-corrected chi connectivity index (χ0v) is 16.4. The summed E-state index contributed by atoms with van der Waals surface area (Å²) in [4.78, 5) is 16.5. The Hall–Kier alpha value is -1.53. The first-order valence-electron chi connectivity index (χ1n) is 7.89. The molecule has 0 saturated heterocycles. The van der Waals surface area contributed by atoms with E-state index in [1.54, 1.807) is 37.7 Å². The maximum Gasteiger partial charge on any atom is 0.254 e. The van der Waals surface area contributed by atoms with Crippen LogP contribution in [-0.2, 0) is 6.42 Å². The van der Waals surface area contributed by atoms with Gasteiger partial charge in [0.25, 0.3) is 5.91 Å². The lowest BCUT2D eigenvalue weighted by Gasteiger charge is -2.35. The fourth-order valence-corrected chi connectivity index (χ4v) is 4.72. The van der Waals surface area contributed by atoms with Gasteiger partial charge in [-0.2, -0.15) is 0 Å². The molecule has 4 nitrogen and oxygen atoms in total. The number of hydrogen-bond acceptors (Lipinski definition) is 4. The number of carbonyl (C=O) groups is 1. The standard InChI is InChI=1S/C18H20BrNO3S/c1-4-13-12-6-8-24-16(12)5-7-20(13)18(21)11-9-14(22-2)17(19)15(10-11)23-3/h6,8-10,13H,4-5,7H2,1-3H3. The number of methoxy groups -OCH3 is 2. The zero-order valence-electron chi connectivity index (χ0n) is 14.0. The highest BCUT2D eigenvalue weighted by atomic mass is 79.9. The highest BCUT2D eigenvalue weighted by molar-refractivity contribution is 9.10. The number of rotatable bonds is 4. The van der Waals surface area contributed by atoms with Crippen LogP contribution < -0.4 is 9.47 Å². The topological polar surface area (TPSA) is 38.8 Å². The molecule has 0 fully saturated rings. The van der Waals surface area contributed by atoms with Gasteiger partial charge in [-0.05, 0) is 57.9 Å². The van der Waals surface area contributed by atoms with Crippen molar-refractivity contribution >= 4 is 33.2 Å². The van der Waals surface area contributed by atoms with Crippen LogP contribution in [0.5, 0.6) is 11.5 Å². The molecule has 1 unspecified atom stereocenters. The molecule has 0 aliphatic carbocycles. The van der Waals surface area contributed by atoms with Crippen molar-refractivity contribution in [2.24, 2.45) is 0 Å². The number of amides is 1. The second-order valence-electron chi connectivity index (χ2n) is 5.67. The van der Waals surface area contributed by atoms with Gasteiger partial charge < -0.3 is 14.4 Å². The summed E-state index contributed by atoms with van der Waals surface area (Å²) in [6, 6.07) is 5.82. The van der Waals surface area contributed by atoms with E-state index < -0.39 is 0 Å². The van der Waals surface area contributed by atoms with Crippen molar-refractivity contribution in [3.63, 3.8) is 0 Å². The van der Waals surface area contributed by atoms with Gasteiger partial charge >= 0.3 is 0 Å². The number of thiophene rings is 1. The van der Waals surface area contributed by atoms with Gasteiger partial charge in [0.15, 0.2) is 0 Å². The Balaban J connectivity index is 1.97. The van der Waals surface area contributed by atoms with Crippen LogP contribution in [-0.4, -0.2) is 31.6 Å². The molecule has 1 atom stereocenters. The first-order chi connectivity index (χ1) is 11.6. The van der Waals surface area contributed by atoms with Gasteiger partial charge in [0, 0.05) is 17.0 Å². The number of hydrogen-bond donors (Lipinski definition) is 0. The van der Waals surface area contributed by atoms with Crippen LogP contribution >= 0.6 is 27.3 Å². The second-order valence-corrected chi connectivity index (χ2v) is 7.46. The number of halogens is 1. The minimum Gasteiger partial charge on any atom is -0.495 e. The Morgan fingerprint density at radius 3 is 2.58 bits per heavy atom. The minimum atomic E-state index is 0.0165. The second kappa shape index (κ2) is 7.15. The number of nitrogens with zero attached hydrogens (tertiary/aromatic N) is 1. The van der Waals surface area contributed by atoms with Crippen LogP contribution in [0.4, 0.5) is 0 Å². The monoisotopic (exact) mass is 409 g/mol. The van der Waals surface area contributed by atoms with Crippen molar-refractivity contribution in [2.45, 2.75) is 25.8 Å². The molecule has 1 aromatic carbocycles. The number of benzene rings is 1. The molecule has 0 spiro atoms. The van der Waals surface area contributed by atoms with Crippen LogP contribution in [0.25, 0.3) is 0 Å². The van der Waals surface area contributed by atoms with Gasteiger partial charge in [0.1, 0.15) is 16.0 Å². The molecule has 0 saturated carbocycles. The molecular weight excluding hydrogens is 390 g/mol. The zero-order chi connectivity index (χ0) is 17.3. The molecule has 2 aromatic rings. The van der Waals surface area contributed by atoms with Crippen LogP contribution in [0.1, 0.15) is 40.2 Å². The highest BCUT2D eigenvalue weighted by Gasteiger charge is 2.31. The van der Waals surface area contributed by atoms with Crippen molar-refractivity contribution in [2.75, 3.05) is 20.8 Å². The van der Waals surface area contributed by atoms with Crippen LogP contribution in [0, 0.1) is 0 Å². The molecule has 1 amide bonds. The summed E-state index contributed by atoms with van der Waals surface area (Å²) in [7, 11) is 3.17. The SMILES string of the molecule is CCC1c2ccsc2CCN1C(=O)c1cc(OC)c(Br)c(OC)c1. The van der Waals surface area contributed by atoms with Gasteiger partial charge in [0.2, 0.25) is 0 Å². The third-order valence-electron chi connectivity index (χ3n) is 4.44. The Morgan fingerprint density at radius 1 is 1.33 bits per heavy atom. The van der Waals surface area contributed by atoms with Crippen LogP contribution in [0.3, 0.4) is 0 Å². The molecule has 1 aliphatic rings. The fraction of sp³-hybridized carbons (Fsp3) is 0.389. The van der Waals surface area contributed by atoms with Crippen molar-refractivity contribution in [1.82, 2.24) is 4.90 Å². The summed E-state index contributed by atoms with van der Waals surface area (Å²) < 4.78 is 11.5. The quantitative estimate of drug-likeness (QED) is 0.735. The van der Waals surface area contributed by atoms with Gasteiger partial charge in [-0.15, -0.1) is 11.3 Å². The largest absolute Gasteiger partial charge is 0.495 e. The molecule has 0 radical (unpaired) electrons. The average molecular weight is 410 g/mol. The van der Waals surface area contributed by atoms with E-state index in [0.29, 0.717) is 17.1 Å². The minimum absolute atomic E-state index is 0.0165. The summed E-state index contributed by atoms with van der Waals surface area (Å²) in [5.41, 5.74) is 1.88. The summed E-state index contributed by atoms with van der Waals surface area (Å²) in [6.07, 6.45) is 1.82. The Bertz CT molecular complexity index is 733. The third-order valence-corrected chi connectivity index (χ3v) is 6.21. The molecule has 6 heteroatoms. The fourth-order valence-electron chi connectivity index (χ4n) is 3.24. The average Bonchev–Trinajstić information content (AvgIpc) is 3.09. The number of fused-ring (bicyclic) bond motifs is 1. The third kappa shape index (κ3) is 2.93. The molecule has 0 bridgehead atoms. The smallest absolute Gasteiger partial charge is 0.254 e. The lowest BCUT2D eigenvalue weighted by atomic mass is 9.97. The van der Waals surface area contributed by atoms with Crippen molar-refractivity contribution in [1.29, 1.82) is 0 Å². The molecule has 1 aliphatic heterocycles. The van der Waals surface area contributed by atoms with Crippen molar-refractivity contribution < 1.29 is 14.3 Å². The van der Waals surface area contributed by atoms with E-state index in [1.807, 2.05) is 4.90 Å². The number of carbonyl (C=O) groups excluding carboxylic acids is 1. The number of ether oxygens (including phenoxy) is 2. The molecular formula is C18H20BrNO3S. The predicted molar refractivity (Wildman–Crippen MR) is 99.3 cm³/mol. The summed E-state index contributed by atoms with van der Waals surface area (Å²) in [6.45, 7) is 2.87. The molecule has 24 heavy (non-hydrogen) atoms. The van der Waals surface area contributed by atoms with Crippen LogP contribution in [0.15, 0.2) is 28.1 Å². The summed E-state index contributed by atoms with van der Waals surface area (Å²) >= 11 is 5.23. The van der Waals surface area contributed by atoms with E-state index in [1.165, 1.54) is 10.4 Å². The molecule has 0 N–H and O–H groups in total. The van der Waals surface area contributed by atoms with E-state index in [0.717, 1.165) is 23.9 Å². The molecule has 3 rings (SSSR count). The maximum absolute atomic E-state index is 13.2. The Kier molecular flexibility index (Phi) is 5.15. The van der Waals surface area contributed by atoms with E-state index in [-0.39, 0.29) is 11.9 Å². The van der Waals surface area contributed by atoms with E-state index in [4.69, 9.17) is 9.47 Å². The van der Waals surface area contributed by atoms with Gasteiger partial charge in [0.05, 0.1) is 20.3 Å².